The zero-order valence-electron chi connectivity index (χ0n) is 24.9. The lowest BCUT2D eigenvalue weighted by molar-refractivity contribution is -0.131. The van der Waals surface area contributed by atoms with E-state index >= 15 is 0 Å². The Morgan fingerprint density at radius 3 is 2.50 bits per heavy atom. The number of hydrogen-bond donors (Lipinski definition) is 0. The summed E-state index contributed by atoms with van der Waals surface area (Å²) in [6.45, 7) is 12.2. The van der Waals surface area contributed by atoms with Crippen LogP contribution in [-0.4, -0.2) is 12.4 Å². The molecule has 1 aromatic carbocycles. The van der Waals surface area contributed by atoms with Crippen molar-refractivity contribution in [3.63, 3.8) is 0 Å². The van der Waals surface area contributed by atoms with Crippen LogP contribution >= 0.6 is 0 Å². The molecule has 0 saturated heterocycles. The molecular weight excluding hydrogens is 464 g/mol. The zero-order chi connectivity index (χ0) is 26.9. The van der Waals surface area contributed by atoms with Gasteiger partial charge < -0.3 is 4.74 Å². The monoisotopic (exact) mass is 516 g/mol. The van der Waals surface area contributed by atoms with Crippen LogP contribution in [0.2, 0.25) is 0 Å². The Labute approximate surface area is 232 Å². The van der Waals surface area contributed by atoms with Crippen LogP contribution < -0.4 is 4.74 Å². The van der Waals surface area contributed by atoms with E-state index in [9.17, 15) is 4.79 Å². The van der Waals surface area contributed by atoms with Crippen molar-refractivity contribution in [2.45, 2.75) is 124 Å². The van der Waals surface area contributed by atoms with Crippen molar-refractivity contribution >= 4 is 11.9 Å². The first-order valence-electron chi connectivity index (χ1n) is 15.9. The number of hydrogen-bond acceptors (Lipinski definition) is 2. The van der Waals surface area contributed by atoms with Crippen LogP contribution in [0.1, 0.15) is 134 Å². The van der Waals surface area contributed by atoms with E-state index in [0.29, 0.717) is 23.5 Å². The van der Waals surface area contributed by atoms with Gasteiger partial charge in [-0.15, -0.1) is 0 Å². The lowest BCUT2D eigenvalue weighted by Gasteiger charge is -2.37. The largest absolute Gasteiger partial charge is 0.492 e. The van der Waals surface area contributed by atoms with Gasteiger partial charge in [0.15, 0.2) is 0 Å². The molecule has 1 aromatic rings. The Morgan fingerprint density at radius 1 is 1.05 bits per heavy atom. The van der Waals surface area contributed by atoms with Gasteiger partial charge in [0, 0.05) is 22.8 Å². The third-order valence-corrected chi connectivity index (χ3v) is 10.6. The highest BCUT2D eigenvalue weighted by Crippen LogP contribution is 2.48. The van der Waals surface area contributed by atoms with E-state index < -0.39 is 0 Å². The van der Waals surface area contributed by atoms with Gasteiger partial charge in [-0.1, -0.05) is 64.5 Å². The van der Waals surface area contributed by atoms with Gasteiger partial charge in [0.1, 0.15) is 11.5 Å². The standard InChI is InChI=1S/C36H52O2/c1-6-27-15-16-31-32(27)22-26(23-33(31)38-24-35(3,4)7-2)21-25-9-8-10-28(12-11-25)29-17-19-36(5,20-18-29)34(37)30-13-14-30/h10,15-16,22-23,25,27,29-30H,6-9,11-14,17-21,24H2,1-5H3. The van der Waals surface area contributed by atoms with E-state index in [0.717, 1.165) is 63.2 Å². The normalized spacial score (nSPS) is 29.5. The van der Waals surface area contributed by atoms with Gasteiger partial charge in [-0.3, -0.25) is 4.79 Å². The predicted molar refractivity (Wildman–Crippen MR) is 160 cm³/mol. The van der Waals surface area contributed by atoms with Crippen molar-refractivity contribution < 1.29 is 9.53 Å². The summed E-state index contributed by atoms with van der Waals surface area (Å²) in [4.78, 5) is 12.8. The third kappa shape index (κ3) is 6.15. The summed E-state index contributed by atoms with van der Waals surface area (Å²) in [6, 6.07) is 4.87. The number of allylic oxidation sites excluding steroid dienone is 3. The Balaban J connectivity index is 1.21. The molecule has 0 radical (unpaired) electrons. The zero-order valence-corrected chi connectivity index (χ0v) is 24.9. The van der Waals surface area contributed by atoms with Gasteiger partial charge in [0.2, 0.25) is 0 Å². The van der Waals surface area contributed by atoms with Gasteiger partial charge >= 0.3 is 0 Å². The molecule has 0 aromatic heterocycles. The van der Waals surface area contributed by atoms with Gasteiger partial charge in [-0.05, 0) is 118 Å². The average Bonchev–Trinajstić information content (AvgIpc) is 3.71. The maximum Gasteiger partial charge on any atom is 0.141 e. The van der Waals surface area contributed by atoms with Crippen molar-refractivity contribution in [2.75, 3.05) is 6.61 Å². The molecule has 5 rings (SSSR count). The van der Waals surface area contributed by atoms with Crippen molar-refractivity contribution in [1.29, 1.82) is 0 Å². The molecule has 2 fully saturated rings. The molecule has 4 aliphatic rings. The van der Waals surface area contributed by atoms with Crippen molar-refractivity contribution in [2.24, 2.45) is 28.6 Å². The highest BCUT2D eigenvalue weighted by molar-refractivity contribution is 5.88. The van der Waals surface area contributed by atoms with Crippen LogP contribution in [0, 0.1) is 28.6 Å². The molecule has 2 atom stereocenters. The number of carbonyl (C=O) groups excluding carboxylic acids is 1. The quantitative estimate of drug-likeness (QED) is 0.289. The second-order valence-electron chi connectivity index (χ2n) is 14.2. The summed E-state index contributed by atoms with van der Waals surface area (Å²) in [6.07, 6.45) is 22.7. The summed E-state index contributed by atoms with van der Waals surface area (Å²) in [5.74, 6) is 4.07. The highest BCUT2D eigenvalue weighted by Gasteiger charge is 2.44. The molecule has 208 valence electrons. The molecular formula is C36H52O2. The smallest absolute Gasteiger partial charge is 0.141 e. The van der Waals surface area contributed by atoms with Crippen molar-refractivity contribution in [3.05, 3.63) is 46.5 Å². The molecule has 0 heterocycles. The summed E-state index contributed by atoms with van der Waals surface area (Å²) < 4.78 is 6.51. The molecule has 4 aliphatic carbocycles. The van der Waals surface area contributed by atoms with E-state index in [4.69, 9.17) is 4.74 Å². The Kier molecular flexibility index (Phi) is 8.28. The number of Topliss-reactive ketones (excluding diaryl/α,β-unsaturated/α-hetero) is 1. The predicted octanol–water partition coefficient (Wildman–Crippen LogP) is 9.86. The van der Waals surface area contributed by atoms with Crippen LogP contribution in [-0.2, 0) is 11.2 Å². The molecule has 2 saturated carbocycles. The number of ether oxygens (including phenoxy) is 1. The summed E-state index contributed by atoms with van der Waals surface area (Å²) in [5.41, 5.74) is 6.14. The lowest BCUT2D eigenvalue weighted by Crippen LogP contribution is -2.34. The number of carbonyl (C=O) groups is 1. The van der Waals surface area contributed by atoms with Gasteiger partial charge in [0.25, 0.3) is 0 Å². The van der Waals surface area contributed by atoms with Crippen LogP contribution in [0.15, 0.2) is 29.9 Å². The van der Waals surface area contributed by atoms with Crippen LogP contribution in [0.4, 0.5) is 0 Å². The fraction of sp³-hybridized carbons (Fsp3) is 0.694. The maximum absolute atomic E-state index is 12.8. The highest BCUT2D eigenvalue weighted by atomic mass is 16.5. The minimum absolute atomic E-state index is 0.0314. The number of benzene rings is 1. The lowest BCUT2D eigenvalue weighted by atomic mass is 9.66. The van der Waals surface area contributed by atoms with E-state index in [1.54, 1.807) is 5.57 Å². The minimum Gasteiger partial charge on any atom is -0.492 e. The Morgan fingerprint density at radius 2 is 1.82 bits per heavy atom. The molecule has 0 aliphatic heterocycles. The summed E-state index contributed by atoms with van der Waals surface area (Å²) >= 11 is 0. The van der Waals surface area contributed by atoms with Crippen LogP contribution in [0.3, 0.4) is 0 Å². The topological polar surface area (TPSA) is 26.3 Å². The van der Waals surface area contributed by atoms with E-state index in [1.165, 1.54) is 55.2 Å². The van der Waals surface area contributed by atoms with E-state index in [1.807, 2.05) is 0 Å². The van der Waals surface area contributed by atoms with Crippen molar-refractivity contribution in [1.82, 2.24) is 0 Å². The molecule has 0 spiro atoms. The molecule has 0 bridgehead atoms. The second-order valence-corrected chi connectivity index (χ2v) is 14.2. The van der Waals surface area contributed by atoms with Crippen molar-refractivity contribution in [3.8, 4) is 5.75 Å². The Hall–Kier alpha value is -1.83. The first-order valence-corrected chi connectivity index (χ1v) is 15.9. The Bertz CT molecular complexity index is 1060. The number of ketones is 1. The fourth-order valence-corrected chi connectivity index (χ4v) is 7.22. The average molecular weight is 517 g/mol. The van der Waals surface area contributed by atoms with Gasteiger partial charge in [-0.25, -0.2) is 0 Å². The maximum atomic E-state index is 12.8. The third-order valence-electron chi connectivity index (χ3n) is 10.6. The first-order chi connectivity index (χ1) is 18.2. The van der Waals surface area contributed by atoms with Gasteiger partial charge in [0.05, 0.1) is 6.61 Å². The molecule has 0 N–H and O–H groups in total. The van der Waals surface area contributed by atoms with E-state index in [2.05, 4.69) is 65.0 Å². The molecule has 2 heteroatoms. The summed E-state index contributed by atoms with van der Waals surface area (Å²) in [7, 11) is 0. The van der Waals surface area contributed by atoms with Crippen LogP contribution in [0.5, 0.6) is 5.75 Å². The molecule has 2 unspecified atom stereocenters. The number of rotatable bonds is 10. The second kappa shape index (κ2) is 11.3. The van der Waals surface area contributed by atoms with E-state index in [-0.39, 0.29) is 10.8 Å². The SMILES string of the molecule is CCC1C=Cc2c(OCC(C)(C)CC)cc(CC3CCC=C(C4CCC(C)(C(=O)C5CC5)CC4)CC3)cc21. The van der Waals surface area contributed by atoms with Gasteiger partial charge in [-0.2, -0.15) is 0 Å². The fourth-order valence-electron chi connectivity index (χ4n) is 7.22. The summed E-state index contributed by atoms with van der Waals surface area (Å²) in [5, 5.41) is 0. The molecule has 0 amide bonds. The molecule has 38 heavy (non-hydrogen) atoms. The van der Waals surface area contributed by atoms with Crippen LogP contribution in [0.25, 0.3) is 6.08 Å². The minimum atomic E-state index is -0.0314. The molecule has 2 nitrogen and oxygen atoms in total. The first kappa shape index (κ1) is 27.7. The number of fused-ring (bicyclic) bond motifs is 1.